The van der Waals surface area contributed by atoms with Crippen LogP contribution in [0, 0.1) is 0 Å². The van der Waals surface area contributed by atoms with Crippen molar-refractivity contribution in [3.8, 4) is 11.5 Å². The molecule has 0 amide bonds. The molecule has 1 aromatic carbocycles. The van der Waals surface area contributed by atoms with Crippen molar-refractivity contribution in [3.05, 3.63) is 42.9 Å². The minimum atomic E-state index is 0.142. The lowest BCUT2D eigenvalue weighted by Crippen LogP contribution is -2.38. The van der Waals surface area contributed by atoms with Gasteiger partial charge in [0.25, 0.3) is 0 Å². The standard InChI is InChI=1S/C22H25N5O3.C4H10O/c23-14-9-19-22(25-8-7-24-19)20(10-14)30-16-3-1-15(2-4-16)27-21-6-5-17(11-26-21)29-18-12-28-13-18;1-3-5-4-2/h5-11,15-16,18H,1-4,12-13,23H2,(H,26,27);3-4H2,1-2H3. The van der Waals surface area contributed by atoms with E-state index in [0.717, 1.165) is 61.5 Å². The number of nitrogens with two attached hydrogens (primary N) is 1. The van der Waals surface area contributed by atoms with Crippen molar-refractivity contribution in [2.75, 3.05) is 37.5 Å². The highest BCUT2D eigenvalue weighted by Crippen LogP contribution is 2.31. The second-order valence-corrected chi connectivity index (χ2v) is 8.62. The first-order valence-electron chi connectivity index (χ1n) is 12.4. The van der Waals surface area contributed by atoms with Crippen LogP contribution in [-0.2, 0) is 9.47 Å². The number of aromatic nitrogens is 3. The molecule has 3 aromatic rings. The fourth-order valence-corrected chi connectivity index (χ4v) is 4.08. The van der Waals surface area contributed by atoms with Gasteiger partial charge in [-0.3, -0.25) is 4.98 Å². The quantitative estimate of drug-likeness (QED) is 0.456. The van der Waals surface area contributed by atoms with Gasteiger partial charge in [-0.2, -0.15) is 0 Å². The summed E-state index contributed by atoms with van der Waals surface area (Å²) in [4.78, 5) is 13.2. The molecule has 0 radical (unpaired) electrons. The molecule has 1 saturated heterocycles. The van der Waals surface area contributed by atoms with Crippen LogP contribution in [0.1, 0.15) is 39.5 Å². The number of rotatable bonds is 8. The molecule has 2 fully saturated rings. The van der Waals surface area contributed by atoms with Gasteiger partial charge in [0.1, 0.15) is 28.9 Å². The van der Waals surface area contributed by atoms with Crippen molar-refractivity contribution in [1.29, 1.82) is 0 Å². The fourth-order valence-electron chi connectivity index (χ4n) is 4.08. The molecule has 1 saturated carbocycles. The summed E-state index contributed by atoms with van der Waals surface area (Å²) in [5, 5.41) is 3.52. The average molecular weight is 482 g/mol. The van der Waals surface area contributed by atoms with Gasteiger partial charge in [-0.25, -0.2) is 9.97 Å². The molecule has 9 heteroatoms. The molecule has 188 valence electrons. The highest BCUT2D eigenvalue weighted by molar-refractivity contribution is 5.84. The van der Waals surface area contributed by atoms with Crippen molar-refractivity contribution in [2.45, 2.75) is 57.8 Å². The van der Waals surface area contributed by atoms with E-state index in [1.807, 2.05) is 38.1 Å². The second-order valence-electron chi connectivity index (χ2n) is 8.62. The Labute approximate surface area is 206 Å². The Morgan fingerprint density at radius 1 is 0.943 bits per heavy atom. The van der Waals surface area contributed by atoms with E-state index in [2.05, 4.69) is 20.3 Å². The Morgan fingerprint density at radius 3 is 2.34 bits per heavy atom. The first-order valence-corrected chi connectivity index (χ1v) is 12.4. The molecule has 3 N–H and O–H groups in total. The fraction of sp³-hybridized carbons (Fsp3) is 0.500. The SMILES string of the molecule is CCOCC.Nc1cc(OC2CCC(Nc3ccc(OC4COC4)cn3)CC2)c2nccnc2c1. The third-order valence-corrected chi connectivity index (χ3v) is 5.94. The monoisotopic (exact) mass is 481 g/mol. The van der Waals surface area contributed by atoms with Crippen molar-refractivity contribution in [2.24, 2.45) is 0 Å². The zero-order valence-electron chi connectivity index (χ0n) is 20.5. The van der Waals surface area contributed by atoms with Crippen LogP contribution in [0.4, 0.5) is 11.5 Å². The number of hydrogen-bond acceptors (Lipinski definition) is 9. The third-order valence-electron chi connectivity index (χ3n) is 5.94. The minimum Gasteiger partial charge on any atom is -0.488 e. The number of anilines is 2. The van der Waals surface area contributed by atoms with Crippen LogP contribution in [0.5, 0.6) is 11.5 Å². The maximum Gasteiger partial charge on any atom is 0.149 e. The van der Waals surface area contributed by atoms with E-state index < -0.39 is 0 Å². The third kappa shape index (κ3) is 7.16. The van der Waals surface area contributed by atoms with Gasteiger partial charge in [-0.15, -0.1) is 0 Å². The van der Waals surface area contributed by atoms with Crippen molar-refractivity contribution in [1.82, 2.24) is 15.0 Å². The maximum absolute atomic E-state index is 6.26. The van der Waals surface area contributed by atoms with Gasteiger partial charge in [-0.05, 0) is 57.7 Å². The van der Waals surface area contributed by atoms with Gasteiger partial charge >= 0.3 is 0 Å². The van der Waals surface area contributed by atoms with Gasteiger partial charge in [0.2, 0.25) is 0 Å². The molecule has 0 bridgehead atoms. The summed E-state index contributed by atoms with van der Waals surface area (Å²) >= 11 is 0. The molecular weight excluding hydrogens is 446 g/mol. The van der Waals surface area contributed by atoms with Gasteiger partial charge in [0.15, 0.2) is 0 Å². The normalized spacial score (nSPS) is 19.8. The molecule has 1 aliphatic carbocycles. The van der Waals surface area contributed by atoms with Crippen molar-refractivity contribution < 1.29 is 18.9 Å². The minimum absolute atomic E-state index is 0.142. The number of pyridine rings is 1. The first-order chi connectivity index (χ1) is 17.1. The summed E-state index contributed by atoms with van der Waals surface area (Å²) in [5.41, 5.74) is 8.15. The molecule has 2 aliphatic rings. The average Bonchev–Trinajstić information content (AvgIpc) is 2.84. The van der Waals surface area contributed by atoms with Crippen LogP contribution >= 0.6 is 0 Å². The first kappa shape index (κ1) is 24.9. The van der Waals surface area contributed by atoms with E-state index in [4.69, 9.17) is 24.7 Å². The Balaban J connectivity index is 0.000000527. The van der Waals surface area contributed by atoms with Crippen LogP contribution in [-0.4, -0.2) is 59.6 Å². The summed E-state index contributed by atoms with van der Waals surface area (Å²) in [6.45, 7) is 6.98. The molecule has 0 unspecified atom stereocenters. The molecule has 1 aliphatic heterocycles. The summed E-state index contributed by atoms with van der Waals surface area (Å²) < 4.78 is 22.0. The number of benzene rings is 1. The van der Waals surface area contributed by atoms with Gasteiger partial charge < -0.3 is 30.0 Å². The number of ether oxygens (including phenoxy) is 4. The Kier molecular flexibility index (Phi) is 8.91. The highest BCUT2D eigenvalue weighted by Gasteiger charge is 2.24. The summed E-state index contributed by atoms with van der Waals surface area (Å²) in [6.07, 6.45) is 9.33. The van der Waals surface area contributed by atoms with E-state index in [1.54, 1.807) is 18.6 Å². The van der Waals surface area contributed by atoms with E-state index in [0.29, 0.717) is 30.7 Å². The van der Waals surface area contributed by atoms with E-state index in [9.17, 15) is 0 Å². The second kappa shape index (κ2) is 12.5. The Morgan fingerprint density at radius 2 is 1.71 bits per heavy atom. The number of nitrogens with zero attached hydrogens (tertiary/aromatic N) is 3. The lowest BCUT2D eigenvalue weighted by molar-refractivity contribution is -0.0797. The lowest BCUT2D eigenvalue weighted by atomic mass is 9.93. The van der Waals surface area contributed by atoms with Crippen molar-refractivity contribution in [3.63, 3.8) is 0 Å². The zero-order chi connectivity index (χ0) is 24.5. The van der Waals surface area contributed by atoms with E-state index in [-0.39, 0.29) is 12.2 Å². The van der Waals surface area contributed by atoms with Gasteiger partial charge in [-0.1, -0.05) is 0 Å². The highest BCUT2D eigenvalue weighted by atomic mass is 16.6. The van der Waals surface area contributed by atoms with E-state index in [1.165, 1.54) is 0 Å². The molecule has 35 heavy (non-hydrogen) atoms. The predicted molar refractivity (Wildman–Crippen MR) is 136 cm³/mol. The van der Waals surface area contributed by atoms with Crippen LogP contribution in [0.3, 0.4) is 0 Å². The zero-order valence-corrected chi connectivity index (χ0v) is 20.5. The largest absolute Gasteiger partial charge is 0.488 e. The Hall–Kier alpha value is -3.17. The smallest absolute Gasteiger partial charge is 0.149 e. The molecule has 0 atom stereocenters. The van der Waals surface area contributed by atoms with Crippen LogP contribution in [0.2, 0.25) is 0 Å². The van der Waals surface area contributed by atoms with Gasteiger partial charge in [0.05, 0.1) is 31.0 Å². The lowest BCUT2D eigenvalue weighted by Gasteiger charge is -2.30. The van der Waals surface area contributed by atoms with E-state index >= 15 is 0 Å². The van der Waals surface area contributed by atoms with Crippen LogP contribution in [0.15, 0.2) is 42.9 Å². The Bertz CT molecular complexity index is 1050. The van der Waals surface area contributed by atoms with Crippen molar-refractivity contribution >= 4 is 22.5 Å². The molecule has 9 nitrogen and oxygen atoms in total. The molecule has 2 aromatic heterocycles. The molecule has 0 spiro atoms. The molecule has 3 heterocycles. The topological polar surface area (TPSA) is 114 Å². The number of fused-ring (bicyclic) bond motifs is 1. The summed E-state index contributed by atoms with van der Waals surface area (Å²) in [5.74, 6) is 2.36. The number of nitrogens with one attached hydrogen (secondary N) is 1. The summed E-state index contributed by atoms with van der Waals surface area (Å²) in [7, 11) is 0. The maximum atomic E-state index is 6.26. The number of nitrogen functional groups attached to an aromatic ring is 1. The summed E-state index contributed by atoms with van der Waals surface area (Å²) in [6, 6.07) is 7.95. The molecular formula is C26H35N5O4. The number of hydrogen-bond donors (Lipinski definition) is 2. The predicted octanol–water partition coefficient (Wildman–Crippen LogP) is 4.23. The van der Waals surface area contributed by atoms with Gasteiger partial charge in [0, 0.05) is 43.4 Å². The van der Waals surface area contributed by atoms with Crippen LogP contribution in [0.25, 0.3) is 11.0 Å². The molecule has 5 rings (SSSR count). The van der Waals surface area contributed by atoms with Crippen LogP contribution < -0.4 is 20.5 Å².